The van der Waals surface area contributed by atoms with Gasteiger partial charge in [0.25, 0.3) is 0 Å². The smallest absolute Gasteiger partial charge is 0.163 e. The first kappa shape index (κ1) is 14.1. The molecule has 4 nitrogen and oxygen atoms in total. The predicted octanol–water partition coefficient (Wildman–Crippen LogP) is 3.76. The first-order chi connectivity index (χ1) is 10.2. The molecular formula is C16H19ClN4. The second-order valence-corrected chi connectivity index (χ2v) is 5.52. The maximum Gasteiger partial charge on any atom is 0.163 e. The van der Waals surface area contributed by atoms with Crippen molar-refractivity contribution in [3.05, 3.63) is 41.3 Å². The fourth-order valence-corrected chi connectivity index (χ4v) is 3.05. The Hall–Kier alpha value is -1.81. The van der Waals surface area contributed by atoms with Crippen molar-refractivity contribution in [1.29, 1.82) is 0 Å². The molecule has 0 radical (unpaired) electrons. The van der Waals surface area contributed by atoms with Crippen molar-refractivity contribution in [2.24, 2.45) is 7.05 Å². The lowest BCUT2D eigenvalue weighted by atomic mass is 10.1. The highest BCUT2D eigenvalue weighted by atomic mass is 35.5. The van der Waals surface area contributed by atoms with Crippen molar-refractivity contribution < 1.29 is 0 Å². The number of aromatic nitrogens is 4. The van der Waals surface area contributed by atoms with E-state index in [1.54, 1.807) is 0 Å². The third kappa shape index (κ3) is 2.23. The Morgan fingerprint density at radius 2 is 2.00 bits per heavy atom. The number of benzene rings is 1. The molecule has 0 aliphatic rings. The third-order valence-electron chi connectivity index (χ3n) is 3.74. The summed E-state index contributed by atoms with van der Waals surface area (Å²) in [5.74, 6) is 1.25. The summed E-state index contributed by atoms with van der Waals surface area (Å²) in [4.78, 5) is 4.68. The summed E-state index contributed by atoms with van der Waals surface area (Å²) in [6.07, 6.45) is 2.14. The third-order valence-corrected chi connectivity index (χ3v) is 3.98. The minimum Gasteiger partial charge on any atom is -0.280 e. The lowest BCUT2D eigenvalue weighted by Gasteiger charge is -2.13. The van der Waals surface area contributed by atoms with Crippen LogP contribution in [0.4, 0.5) is 0 Å². The molecule has 5 heteroatoms. The van der Waals surface area contributed by atoms with E-state index in [9.17, 15) is 0 Å². The van der Waals surface area contributed by atoms with Gasteiger partial charge < -0.3 is 0 Å². The number of rotatable bonds is 4. The summed E-state index contributed by atoms with van der Waals surface area (Å²) >= 11 is 6.13. The van der Waals surface area contributed by atoms with Gasteiger partial charge in [0.1, 0.15) is 11.3 Å². The molecule has 3 rings (SSSR count). The average molecular weight is 303 g/mol. The van der Waals surface area contributed by atoms with Crippen LogP contribution in [0.25, 0.3) is 16.9 Å². The number of alkyl halides is 1. The van der Waals surface area contributed by atoms with Gasteiger partial charge in [-0.15, -0.1) is 11.6 Å². The van der Waals surface area contributed by atoms with Crippen LogP contribution < -0.4 is 0 Å². The topological polar surface area (TPSA) is 35.6 Å². The molecule has 0 aliphatic carbocycles. The Labute approximate surface area is 129 Å². The number of hydrogen-bond acceptors (Lipinski definition) is 2. The molecule has 21 heavy (non-hydrogen) atoms. The molecule has 0 aliphatic heterocycles. The molecular weight excluding hydrogens is 284 g/mol. The molecule has 0 saturated carbocycles. The second kappa shape index (κ2) is 5.53. The number of imidazole rings is 1. The number of nitrogens with zero attached hydrogens (tertiary/aromatic N) is 4. The monoisotopic (exact) mass is 302 g/mol. The summed E-state index contributed by atoms with van der Waals surface area (Å²) in [6, 6.07) is 8.44. The van der Waals surface area contributed by atoms with Crippen LogP contribution in [0, 0.1) is 6.92 Å². The first-order valence-electron chi connectivity index (χ1n) is 7.22. The molecule has 0 amide bonds. The van der Waals surface area contributed by atoms with Crippen molar-refractivity contribution >= 4 is 22.8 Å². The van der Waals surface area contributed by atoms with Gasteiger partial charge in [0, 0.05) is 7.05 Å². The van der Waals surface area contributed by atoms with Crippen LogP contribution in [0.15, 0.2) is 24.3 Å². The van der Waals surface area contributed by atoms with Crippen molar-refractivity contribution in [3.8, 4) is 5.69 Å². The first-order valence-corrected chi connectivity index (χ1v) is 7.76. The lowest BCUT2D eigenvalue weighted by Crippen LogP contribution is -2.06. The van der Waals surface area contributed by atoms with Gasteiger partial charge in [-0.25, -0.2) is 9.67 Å². The van der Waals surface area contributed by atoms with E-state index in [0.717, 1.165) is 41.2 Å². The summed E-state index contributed by atoms with van der Waals surface area (Å²) in [7, 11) is 1.95. The summed E-state index contributed by atoms with van der Waals surface area (Å²) in [5.41, 5.74) is 5.33. The number of aryl methyl sites for hydroxylation is 3. The van der Waals surface area contributed by atoms with Gasteiger partial charge in [0.05, 0.1) is 17.3 Å². The molecule has 0 N–H and O–H groups in total. The Bertz CT molecular complexity index is 785. The number of fused-ring (bicyclic) bond motifs is 1. The summed E-state index contributed by atoms with van der Waals surface area (Å²) in [5, 5.41) is 4.48. The highest BCUT2D eigenvalue weighted by molar-refractivity contribution is 6.17. The van der Waals surface area contributed by atoms with Crippen LogP contribution in [-0.4, -0.2) is 19.3 Å². The van der Waals surface area contributed by atoms with Crippen molar-refractivity contribution in [1.82, 2.24) is 19.3 Å². The maximum atomic E-state index is 6.13. The largest absolute Gasteiger partial charge is 0.280 e. The van der Waals surface area contributed by atoms with Gasteiger partial charge in [0.15, 0.2) is 5.65 Å². The fraction of sp³-hybridized carbons (Fsp3) is 0.375. The fourth-order valence-electron chi connectivity index (χ4n) is 2.87. The Kier molecular flexibility index (Phi) is 3.72. The molecule has 0 saturated heterocycles. The van der Waals surface area contributed by atoms with Gasteiger partial charge in [-0.1, -0.05) is 31.5 Å². The molecule has 0 spiro atoms. The zero-order valence-corrected chi connectivity index (χ0v) is 13.4. The molecule has 0 unspecified atom stereocenters. The molecule has 3 aromatic rings. The van der Waals surface area contributed by atoms with Crippen LogP contribution in [0.1, 0.15) is 30.4 Å². The van der Waals surface area contributed by atoms with Crippen molar-refractivity contribution in [2.45, 2.75) is 32.6 Å². The normalized spacial score (nSPS) is 11.4. The van der Waals surface area contributed by atoms with E-state index in [1.165, 1.54) is 5.56 Å². The zero-order chi connectivity index (χ0) is 15.0. The zero-order valence-electron chi connectivity index (χ0n) is 12.6. The maximum absolute atomic E-state index is 6.13. The molecule has 2 heterocycles. The standard InChI is InChI=1S/C16H19ClN4/c1-4-7-12-8-5-6-9-13(12)21-14(10-17)18-15-11(2)19-20(3)16(15)21/h5-6,8-9H,4,7,10H2,1-3H3. The van der Waals surface area contributed by atoms with Gasteiger partial charge in [0.2, 0.25) is 0 Å². The van der Waals surface area contributed by atoms with E-state index in [2.05, 4.69) is 45.8 Å². The van der Waals surface area contributed by atoms with Crippen LogP contribution >= 0.6 is 11.6 Å². The highest BCUT2D eigenvalue weighted by Crippen LogP contribution is 2.27. The summed E-state index contributed by atoms with van der Waals surface area (Å²) in [6.45, 7) is 4.17. The van der Waals surface area contributed by atoms with E-state index in [-0.39, 0.29) is 0 Å². The van der Waals surface area contributed by atoms with E-state index in [1.807, 2.05) is 18.7 Å². The van der Waals surface area contributed by atoms with Gasteiger partial charge >= 0.3 is 0 Å². The van der Waals surface area contributed by atoms with Gasteiger partial charge in [-0.05, 0) is 25.0 Å². The predicted molar refractivity (Wildman–Crippen MR) is 86.1 cm³/mol. The van der Waals surface area contributed by atoms with Crippen LogP contribution in [-0.2, 0) is 19.3 Å². The number of hydrogen-bond donors (Lipinski definition) is 0. The van der Waals surface area contributed by atoms with E-state index < -0.39 is 0 Å². The van der Waals surface area contributed by atoms with Gasteiger partial charge in [-0.2, -0.15) is 5.10 Å². The molecule has 110 valence electrons. The quantitative estimate of drug-likeness (QED) is 0.688. The summed E-state index contributed by atoms with van der Waals surface area (Å²) < 4.78 is 4.03. The number of halogens is 1. The molecule has 0 bridgehead atoms. The Balaban J connectivity index is 2.33. The molecule has 2 aromatic heterocycles. The minimum absolute atomic E-state index is 0.384. The van der Waals surface area contributed by atoms with Crippen molar-refractivity contribution in [2.75, 3.05) is 0 Å². The van der Waals surface area contributed by atoms with Crippen LogP contribution in [0.3, 0.4) is 0 Å². The van der Waals surface area contributed by atoms with E-state index in [0.29, 0.717) is 5.88 Å². The highest BCUT2D eigenvalue weighted by Gasteiger charge is 2.19. The van der Waals surface area contributed by atoms with Crippen LogP contribution in [0.5, 0.6) is 0 Å². The average Bonchev–Trinajstić information content (AvgIpc) is 2.99. The Morgan fingerprint density at radius 3 is 2.71 bits per heavy atom. The second-order valence-electron chi connectivity index (χ2n) is 5.26. The van der Waals surface area contributed by atoms with E-state index >= 15 is 0 Å². The lowest BCUT2D eigenvalue weighted by molar-refractivity contribution is 0.752. The SMILES string of the molecule is CCCc1ccccc1-n1c(CCl)nc2c(C)nn(C)c21. The molecule has 0 fully saturated rings. The Morgan fingerprint density at radius 1 is 1.24 bits per heavy atom. The van der Waals surface area contributed by atoms with Crippen LogP contribution in [0.2, 0.25) is 0 Å². The molecule has 1 aromatic carbocycles. The molecule has 0 atom stereocenters. The van der Waals surface area contributed by atoms with Crippen molar-refractivity contribution in [3.63, 3.8) is 0 Å². The number of para-hydroxylation sites is 1. The van der Waals surface area contributed by atoms with E-state index in [4.69, 9.17) is 11.6 Å². The minimum atomic E-state index is 0.384. The van der Waals surface area contributed by atoms with Gasteiger partial charge in [-0.3, -0.25) is 4.57 Å².